The molecule has 1 amide bonds. The number of hydrogen-bond donors (Lipinski definition) is 2. The van der Waals surface area contributed by atoms with Crippen LogP contribution in [0.4, 0.5) is 5.69 Å². The predicted molar refractivity (Wildman–Crippen MR) is 138 cm³/mol. The van der Waals surface area contributed by atoms with Crippen molar-refractivity contribution in [3.8, 4) is 17.2 Å². The number of benzene rings is 3. The Labute approximate surface area is 210 Å². The second-order valence-electron chi connectivity index (χ2n) is 8.80. The summed E-state index contributed by atoms with van der Waals surface area (Å²) in [6.45, 7) is 6.50. The Hall–Kier alpha value is -4.26. The lowest BCUT2D eigenvalue weighted by molar-refractivity contribution is -0.132. The molecule has 0 aromatic heterocycles. The number of nitrogens with zero attached hydrogens (tertiary/aromatic N) is 1. The van der Waals surface area contributed by atoms with Crippen LogP contribution in [-0.4, -0.2) is 35.6 Å². The second kappa shape index (κ2) is 10.2. The molecule has 2 N–H and O–H groups in total. The summed E-state index contributed by atoms with van der Waals surface area (Å²) in [6.07, 6.45) is 0. The molecule has 1 aliphatic rings. The zero-order valence-corrected chi connectivity index (χ0v) is 20.7. The molecule has 7 heteroatoms. The van der Waals surface area contributed by atoms with E-state index >= 15 is 0 Å². The number of anilines is 1. The number of aliphatic hydroxyl groups excluding tert-OH is 1. The third kappa shape index (κ3) is 4.52. The topological polar surface area (TPSA) is 96.3 Å². The summed E-state index contributed by atoms with van der Waals surface area (Å²) in [5.74, 6) is -0.854. The largest absolute Gasteiger partial charge is 0.507 e. The van der Waals surface area contributed by atoms with Gasteiger partial charge in [-0.05, 0) is 72.5 Å². The second-order valence-corrected chi connectivity index (χ2v) is 8.80. The van der Waals surface area contributed by atoms with Crippen molar-refractivity contribution in [1.29, 1.82) is 0 Å². The van der Waals surface area contributed by atoms with Crippen LogP contribution in [0, 0.1) is 0 Å². The van der Waals surface area contributed by atoms with Crippen LogP contribution in [0.3, 0.4) is 0 Å². The van der Waals surface area contributed by atoms with E-state index in [1.165, 1.54) is 18.1 Å². The average molecular weight is 488 g/mol. The highest BCUT2D eigenvalue weighted by Crippen LogP contribution is 2.44. The van der Waals surface area contributed by atoms with Gasteiger partial charge in [0.1, 0.15) is 11.5 Å². The molecule has 186 valence electrons. The van der Waals surface area contributed by atoms with Gasteiger partial charge in [-0.25, -0.2) is 0 Å². The Morgan fingerprint density at radius 1 is 1.00 bits per heavy atom. The maximum Gasteiger partial charge on any atom is 0.300 e. The van der Waals surface area contributed by atoms with Gasteiger partial charge in [0.15, 0.2) is 11.5 Å². The standard InChI is InChI=1S/C29H29NO6/c1-5-36-22-13-8-19(9-14-22)27(32)25-26(20-10-15-24(35-4)23(31)16-20)30(29(34)28(25)33)21-11-6-18(7-12-21)17(2)3/h6-17,26,31-32H,5H2,1-4H3/b27-25-. The van der Waals surface area contributed by atoms with Gasteiger partial charge in [0.2, 0.25) is 0 Å². The first-order valence-electron chi connectivity index (χ1n) is 11.8. The molecule has 0 bridgehead atoms. The summed E-state index contributed by atoms with van der Waals surface area (Å²) < 4.78 is 10.6. The fourth-order valence-corrected chi connectivity index (χ4v) is 4.34. The molecule has 1 atom stereocenters. The SMILES string of the molecule is CCOc1ccc(/C(O)=C2/C(=O)C(=O)N(c3ccc(C(C)C)cc3)C2c2ccc(OC)c(O)c2)cc1. The molecule has 1 fully saturated rings. The van der Waals surface area contributed by atoms with Crippen molar-refractivity contribution in [2.75, 3.05) is 18.6 Å². The normalized spacial score (nSPS) is 17.0. The third-order valence-corrected chi connectivity index (χ3v) is 6.24. The van der Waals surface area contributed by atoms with Crippen LogP contribution in [0.15, 0.2) is 72.3 Å². The molecule has 0 spiro atoms. The molecular formula is C29H29NO6. The number of aromatic hydroxyl groups is 1. The maximum atomic E-state index is 13.3. The zero-order chi connectivity index (χ0) is 26.0. The number of carbonyl (C=O) groups is 2. The van der Waals surface area contributed by atoms with E-state index in [9.17, 15) is 19.8 Å². The summed E-state index contributed by atoms with van der Waals surface area (Å²) >= 11 is 0. The van der Waals surface area contributed by atoms with Crippen LogP contribution in [0.25, 0.3) is 5.76 Å². The number of ketones is 1. The molecule has 36 heavy (non-hydrogen) atoms. The van der Waals surface area contributed by atoms with E-state index in [-0.39, 0.29) is 22.8 Å². The zero-order valence-electron chi connectivity index (χ0n) is 20.7. The lowest BCUT2D eigenvalue weighted by Gasteiger charge is -2.26. The monoisotopic (exact) mass is 487 g/mol. The number of carbonyl (C=O) groups excluding carboxylic acids is 2. The van der Waals surface area contributed by atoms with E-state index in [0.29, 0.717) is 35.1 Å². The van der Waals surface area contributed by atoms with Crippen LogP contribution in [0.5, 0.6) is 17.2 Å². The van der Waals surface area contributed by atoms with Gasteiger partial charge in [0.25, 0.3) is 11.7 Å². The first kappa shape index (κ1) is 24.9. The molecule has 1 heterocycles. The van der Waals surface area contributed by atoms with Crippen LogP contribution in [0.1, 0.15) is 49.4 Å². The number of rotatable bonds is 7. The number of phenols is 1. The Morgan fingerprint density at radius 2 is 1.67 bits per heavy atom. The van der Waals surface area contributed by atoms with E-state index in [2.05, 4.69) is 13.8 Å². The van der Waals surface area contributed by atoms with Crippen LogP contribution < -0.4 is 14.4 Å². The number of hydrogen-bond acceptors (Lipinski definition) is 6. The number of ether oxygens (including phenoxy) is 2. The van der Waals surface area contributed by atoms with Gasteiger partial charge < -0.3 is 19.7 Å². The van der Waals surface area contributed by atoms with E-state index < -0.39 is 17.7 Å². The quantitative estimate of drug-likeness (QED) is 0.258. The van der Waals surface area contributed by atoms with Crippen molar-refractivity contribution in [3.05, 3.63) is 89.0 Å². The van der Waals surface area contributed by atoms with Crippen molar-refractivity contribution in [2.45, 2.75) is 32.7 Å². The molecule has 3 aromatic carbocycles. The van der Waals surface area contributed by atoms with E-state index in [1.807, 2.05) is 19.1 Å². The predicted octanol–water partition coefficient (Wildman–Crippen LogP) is 5.55. The summed E-state index contributed by atoms with van der Waals surface area (Å²) in [5.41, 5.74) is 2.35. The van der Waals surface area contributed by atoms with Gasteiger partial charge in [0.05, 0.1) is 25.3 Å². The molecule has 1 saturated heterocycles. The van der Waals surface area contributed by atoms with Gasteiger partial charge in [-0.1, -0.05) is 32.0 Å². The first-order valence-corrected chi connectivity index (χ1v) is 11.8. The van der Waals surface area contributed by atoms with Crippen LogP contribution in [0.2, 0.25) is 0 Å². The number of aliphatic hydroxyl groups is 1. The first-order chi connectivity index (χ1) is 17.3. The molecule has 0 saturated carbocycles. The molecule has 3 aromatic rings. The number of methoxy groups -OCH3 is 1. The highest BCUT2D eigenvalue weighted by Gasteiger charge is 2.47. The van der Waals surface area contributed by atoms with E-state index in [4.69, 9.17) is 9.47 Å². The van der Waals surface area contributed by atoms with Crippen molar-refractivity contribution in [2.24, 2.45) is 0 Å². The Morgan fingerprint density at radius 3 is 2.22 bits per heavy atom. The summed E-state index contributed by atoms with van der Waals surface area (Å²) in [6, 6.07) is 17.7. The smallest absolute Gasteiger partial charge is 0.300 e. The van der Waals surface area contributed by atoms with Gasteiger partial charge in [-0.2, -0.15) is 0 Å². The van der Waals surface area contributed by atoms with Crippen LogP contribution in [-0.2, 0) is 9.59 Å². The number of amides is 1. The lowest BCUT2D eigenvalue weighted by Crippen LogP contribution is -2.29. The molecule has 1 aliphatic heterocycles. The molecule has 0 radical (unpaired) electrons. The minimum Gasteiger partial charge on any atom is -0.507 e. The summed E-state index contributed by atoms with van der Waals surface area (Å²) in [4.78, 5) is 28.0. The van der Waals surface area contributed by atoms with Crippen molar-refractivity contribution < 1.29 is 29.3 Å². The number of phenolic OH excluding ortho intramolecular Hbond substituents is 1. The molecular weight excluding hydrogens is 458 g/mol. The van der Waals surface area contributed by atoms with Crippen molar-refractivity contribution >= 4 is 23.1 Å². The minimum atomic E-state index is -0.960. The van der Waals surface area contributed by atoms with Gasteiger partial charge in [-0.15, -0.1) is 0 Å². The van der Waals surface area contributed by atoms with E-state index in [0.717, 1.165) is 5.56 Å². The number of Topliss-reactive ketones (excluding diaryl/α,β-unsaturated/α-hetero) is 1. The van der Waals surface area contributed by atoms with Crippen LogP contribution >= 0.6 is 0 Å². The molecule has 0 aliphatic carbocycles. The maximum absolute atomic E-state index is 13.3. The molecule has 1 unspecified atom stereocenters. The summed E-state index contributed by atoms with van der Waals surface area (Å²) in [5, 5.41) is 21.7. The Kier molecular flexibility index (Phi) is 7.01. The van der Waals surface area contributed by atoms with Gasteiger partial charge in [0, 0.05) is 11.3 Å². The molecule has 7 nitrogen and oxygen atoms in total. The van der Waals surface area contributed by atoms with Gasteiger partial charge in [-0.3, -0.25) is 14.5 Å². The fraction of sp³-hybridized carbons (Fsp3) is 0.241. The van der Waals surface area contributed by atoms with E-state index in [1.54, 1.807) is 48.5 Å². The molecule has 4 rings (SSSR count). The Balaban J connectivity index is 1.89. The third-order valence-electron chi connectivity index (χ3n) is 6.24. The average Bonchev–Trinajstić information content (AvgIpc) is 3.14. The van der Waals surface area contributed by atoms with Gasteiger partial charge >= 0.3 is 0 Å². The fourth-order valence-electron chi connectivity index (χ4n) is 4.34. The highest BCUT2D eigenvalue weighted by atomic mass is 16.5. The highest BCUT2D eigenvalue weighted by molar-refractivity contribution is 6.51. The van der Waals surface area contributed by atoms with Crippen molar-refractivity contribution in [3.63, 3.8) is 0 Å². The van der Waals surface area contributed by atoms with Crippen molar-refractivity contribution in [1.82, 2.24) is 0 Å². The lowest BCUT2D eigenvalue weighted by atomic mass is 9.94. The Bertz CT molecular complexity index is 1310. The minimum absolute atomic E-state index is 0.0679. The summed E-state index contributed by atoms with van der Waals surface area (Å²) in [7, 11) is 1.43.